The highest BCUT2D eigenvalue weighted by atomic mass is 79.9. The van der Waals surface area contributed by atoms with Gasteiger partial charge in [0.15, 0.2) is 0 Å². The Morgan fingerprint density at radius 3 is 2.68 bits per heavy atom. The Kier molecular flexibility index (Phi) is 5.28. The Morgan fingerprint density at radius 2 is 2.16 bits per heavy atom. The fourth-order valence-corrected chi connectivity index (χ4v) is 2.44. The van der Waals surface area contributed by atoms with Crippen LogP contribution in [-0.4, -0.2) is 34.9 Å². The molecule has 8 heteroatoms. The first-order valence-corrected chi connectivity index (χ1v) is 6.26. The number of nitrogens with zero attached hydrogens (tertiary/aromatic N) is 2. The molecule has 0 spiro atoms. The minimum atomic E-state index is -0.517. The van der Waals surface area contributed by atoms with Gasteiger partial charge in [-0.3, -0.25) is 14.9 Å². The Labute approximate surface area is 124 Å². The molecule has 6 nitrogen and oxygen atoms in total. The summed E-state index contributed by atoms with van der Waals surface area (Å²) >= 11 is 3.17. The van der Waals surface area contributed by atoms with E-state index in [1.807, 2.05) is 0 Å². The maximum atomic E-state index is 12.1. The smallest absolute Gasteiger partial charge is 0.271 e. The molecule has 0 aliphatic carbocycles. The molecule has 1 saturated heterocycles. The molecule has 1 aromatic rings. The second kappa shape index (κ2) is 6.31. The van der Waals surface area contributed by atoms with Gasteiger partial charge in [-0.15, -0.1) is 12.4 Å². The number of nitro benzene ring substituents is 1. The lowest BCUT2D eigenvalue weighted by atomic mass is 10.2. The van der Waals surface area contributed by atoms with Gasteiger partial charge in [-0.25, -0.2) is 0 Å². The summed E-state index contributed by atoms with van der Waals surface area (Å²) in [7, 11) is 0. The van der Waals surface area contributed by atoms with E-state index in [0.717, 1.165) is 6.42 Å². The van der Waals surface area contributed by atoms with Crippen molar-refractivity contribution >= 4 is 39.9 Å². The number of nitro groups is 1. The monoisotopic (exact) mass is 349 g/mol. The first kappa shape index (κ1) is 15.9. The third-order valence-corrected chi connectivity index (χ3v) is 3.31. The highest BCUT2D eigenvalue weighted by molar-refractivity contribution is 9.10. The number of halogens is 2. The average molecular weight is 351 g/mol. The molecule has 104 valence electrons. The number of carbonyl (C=O) groups is 1. The molecule has 1 aromatic carbocycles. The SMILES string of the molecule is Cl.N[C@H]1CCN(C(=O)c2cc(Br)cc([N+](=O)[O-])c2)C1. The predicted octanol–water partition coefficient (Wildman–Crippen LogP) is 1.95. The molecule has 1 aliphatic heterocycles. The van der Waals surface area contributed by atoms with Crippen molar-refractivity contribution in [1.82, 2.24) is 4.90 Å². The normalized spacial score (nSPS) is 18.0. The van der Waals surface area contributed by atoms with E-state index in [2.05, 4.69) is 15.9 Å². The number of benzene rings is 1. The van der Waals surface area contributed by atoms with Crippen LogP contribution in [0.1, 0.15) is 16.8 Å². The van der Waals surface area contributed by atoms with Crippen LogP contribution >= 0.6 is 28.3 Å². The van der Waals surface area contributed by atoms with Crippen LogP contribution in [0.25, 0.3) is 0 Å². The van der Waals surface area contributed by atoms with E-state index < -0.39 is 4.92 Å². The summed E-state index contributed by atoms with van der Waals surface area (Å²) in [6, 6.07) is 4.24. The summed E-state index contributed by atoms with van der Waals surface area (Å²) in [5.74, 6) is -0.215. The van der Waals surface area contributed by atoms with E-state index in [9.17, 15) is 14.9 Å². The first-order valence-electron chi connectivity index (χ1n) is 5.47. The van der Waals surface area contributed by atoms with Gasteiger partial charge in [0.05, 0.1) is 4.92 Å². The van der Waals surface area contributed by atoms with Crippen molar-refractivity contribution in [2.24, 2.45) is 5.73 Å². The lowest BCUT2D eigenvalue weighted by Gasteiger charge is -2.15. The van der Waals surface area contributed by atoms with Gasteiger partial charge in [0.1, 0.15) is 0 Å². The molecular formula is C11H13BrClN3O3. The molecule has 1 aliphatic rings. The molecule has 0 saturated carbocycles. The number of nitrogens with two attached hydrogens (primary N) is 1. The summed E-state index contributed by atoms with van der Waals surface area (Å²) in [5.41, 5.74) is 5.95. The fraction of sp³-hybridized carbons (Fsp3) is 0.364. The van der Waals surface area contributed by atoms with Gasteiger partial charge >= 0.3 is 0 Å². The van der Waals surface area contributed by atoms with Gasteiger partial charge in [0.2, 0.25) is 0 Å². The molecule has 19 heavy (non-hydrogen) atoms. The first-order chi connectivity index (χ1) is 8.47. The summed E-state index contributed by atoms with van der Waals surface area (Å²) in [5, 5.41) is 10.7. The number of carbonyl (C=O) groups excluding carboxylic acids is 1. The van der Waals surface area contributed by atoms with Crippen LogP contribution in [-0.2, 0) is 0 Å². The van der Waals surface area contributed by atoms with Crippen LogP contribution in [0, 0.1) is 10.1 Å². The van der Waals surface area contributed by atoms with Crippen molar-refractivity contribution in [3.05, 3.63) is 38.3 Å². The van der Waals surface area contributed by atoms with Gasteiger partial charge in [-0.2, -0.15) is 0 Å². The zero-order valence-corrected chi connectivity index (χ0v) is 12.3. The summed E-state index contributed by atoms with van der Waals surface area (Å²) in [4.78, 5) is 24.0. The molecule has 1 fully saturated rings. The summed E-state index contributed by atoms with van der Waals surface area (Å²) in [6.07, 6.45) is 0.766. The van der Waals surface area contributed by atoms with Crippen LogP contribution in [0.4, 0.5) is 5.69 Å². The van der Waals surface area contributed by atoms with Gasteiger partial charge in [0.25, 0.3) is 11.6 Å². The van der Waals surface area contributed by atoms with Crippen LogP contribution in [0.5, 0.6) is 0 Å². The number of likely N-dealkylation sites (tertiary alicyclic amines) is 1. The largest absolute Gasteiger partial charge is 0.337 e. The van der Waals surface area contributed by atoms with Gasteiger partial charge < -0.3 is 10.6 Å². The quantitative estimate of drug-likeness (QED) is 0.652. The van der Waals surface area contributed by atoms with Crippen LogP contribution < -0.4 is 5.73 Å². The van der Waals surface area contributed by atoms with Gasteiger partial charge in [-0.1, -0.05) is 15.9 Å². The second-order valence-electron chi connectivity index (χ2n) is 4.26. The third-order valence-electron chi connectivity index (χ3n) is 2.85. The highest BCUT2D eigenvalue weighted by Crippen LogP contribution is 2.23. The van der Waals surface area contributed by atoms with Crippen molar-refractivity contribution in [1.29, 1.82) is 0 Å². The summed E-state index contributed by atoms with van der Waals surface area (Å²) < 4.78 is 0.517. The zero-order chi connectivity index (χ0) is 13.3. The van der Waals surface area contributed by atoms with Crippen molar-refractivity contribution in [2.45, 2.75) is 12.5 Å². The maximum absolute atomic E-state index is 12.1. The number of amides is 1. The molecule has 1 heterocycles. The highest BCUT2D eigenvalue weighted by Gasteiger charge is 2.25. The van der Waals surface area contributed by atoms with E-state index in [-0.39, 0.29) is 30.0 Å². The second-order valence-corrected chi connectivity index (χ2v) is 5.17. The Morgan fingerprint density at radius 1 is 1.47 bits per heavy atom. The van der Waals surface area contributed by atoms with Crippen molar-refractivity contribution in [3.63, 3.8) is 0 Å². The van der Waals surface area contributed by atoms with Gasteiger partial charge in [0, 0.05) is 41.3 Å². The number of hydrogen-bond donors (Lipinski definition) is 1. The maximum Gasteiger partial charge on any atom is 0.271 e. The van der Waals surface area contributed by atoms with E-state index in [1.54, 1.807) is 11.0 Å². The van der Waals surface area contributed by atoms with E-state index in [0.29, 0.717) is 23.1 Å². The molecule has 1 atom stereocenters. The fourth-order valence-electron chi connectivity index (χ4n) is 1.96. The average Bonchev–Trinajstić information content (AvgIpc) is 2.74. The number of non-ortho nitro benzene ring substituents is 1. The lowest BCUT2D eigenvalue weighted by Crippen LogP contribution is -2.31. The Balaban J connectivity index is 0.00000180. The zero-order valence-electron chi connectivity index (χ0n) is 9.91. The van der Waals surface area contributed by atoms with Crippen molar-refractivity contribution < 1.29 is 9.72 Å². The topological polar surface area (TPSA) is 89.5 Å². The van der Waals surface area contributed by atoms with Gasteiger partial charge in [-0.05, 0) is 12.5 Å². The molecule has 0 unspecified atom stereocenters. The Bertz CT molecular complexity index is 512. The van der Waals surface area contributed by atoms with E-state index in [1.165, 1.54) is 12.1 Å². The molecule has 2 rings (SSSR count). The van der Waals surface area contributed by atoms with Crippen LogP contribution in [0.2, 0.25) is 0 Å². The van der Waals surface area contributed by atoms with Crippen LogP contribution in [0.15, 0.2) is 22.7 Å². The minimum absolute atomic E-state index is 0. The van der Waals surface area contributed by atoms with E-state index >= 15 is 0 Å². The number of hydrogen-bond acceptors (Lipinski definition) is 4. The van der Waals surface area contributed by atoms with E-state index in [4.69, 9.17) is 5.73 Å². The molecule has 1 amide bonds. The molecule has 0 radical (unpaired) electrons. The molecule has 2 N–H and O–H groups in total. The molecule has 0 bridgehead atoms. The predicted molar refractivity (Wildman–Crippen MR) is 76.5 cm³/mol. The lowest BCUT2D eigenvalue weighted by molar-refractivity contribution is -0.385. The summed E-state index contributed by atoms with van der Waals surface area (Å²) in [6.45, 7) is 1.10. The van der Waals surface area contributed by atoms with Crippen LogP contribution in [0.3, 0.4) is 0 Å². The standard InChI is InChI=1S/C11H12BrN3O3.ClH/c12-8-3-7(4-10(5-8)15(17)18)11(16)14-2-1-9(13)6-14;/h3-5,9H,1-2,6,13H2;1H/t9-;/m0./s1. The minimum Gasteiger partial charge on any atom is -0.337 e. The number of rotatable bonds is 2. The Hall–Kier alpha value is -1.18. The molecule has 0 aromatic heterocycles. The third kappa shape index (κ3) is 3.65. The van der Waals surface area contributed by atoms with Crippen molar-refractivity contribution in [2.75, 3.05) is 13.1 Å². The van der Waals surface area contributed by atoms with Crippen molar-refractivity contribution in [3.8, 4) is 0 Å². The molecular weight excluding hydrogens is 337 g/mol.